The Hall–Kier alpha value is -1.63. The predicted molar refractivity (Wildman–Crippen MR) is 56.6 cm³/mol. The van der Waals surface area contributed by atoms with Gasteiger partial charge in [0, 0.05) is 25.1 Å². The van der Waals surface area contributed by atoms with E-state index in [1.165, 1.54) is 16.9 Å². The number of aromatic nitrogens is 2. The highest BCUT2D eigenvalue weighted by atomic mass is 19.4. The highest BCUT2D eigenvalue weighted by molar-refractivity contribution is 5.79. The van der Waals surface area contributed by atoms with Crippen molar-refractivity contribution in [1.29, 1.82) is 0 Å². The van der Waals surface area contributed by atoms with E-state index >= 15 is 0 Å². The number of hydrogen-bond acceptors (Lipinski definition) is 2. The first-order valence-electron chi connectivity index (χ1n) is 5.02. The Morgan fingerprint density at radius 2 is 1.89 bits per heavy atom. The third kappa shape index (κ3) is 1.74. The molecule has 18 heavy (non-hydrogen) atoms. The Balaban J connectivity index is 2.59. The minimum atomic E-state index is -5.14. The molecule has 0 spiro atoms. The van der Waals surface area contributed by atoms with Gasteiger partial charge in [0.2, 0.25) is 0 Å². The zero-order valence-electron chi connectivity index (χ0n) is 9.62. The van der Waals surface area contributed by atoms with Gasteiger partial charge in [-0.3, -0.25) is 4.68 Å². The molecule has 1 atom stereocenters. The standard InChI is InChI=1S/C11H10F4N2O/c1-17-9-4-3-8(5-7(9)6-16-17)10(12,18-2)11(13,14)15/h3-6H,1-2H3. The van der Waals surface area contributed by atoms with Crippen LogP contribution in [-0.4, -0.2) is 23.1 Å². The highest BCUT2D eigenvalue weighted by Gasteiger charge is 2.58. The lowest BCUT2D eigenvalue weighted by Crippen LogP contribution is -2.39. The normalized spacial score (nSPS) is 15.9. The van der Waals surface area contributed by atoms with Crippen LogP contribution in [-0.2, 0) is 17.6 Å². The molecular formula is C11H10F4N2O. The lowest BCUT2D eigenvalue weighted by Gasteiger charge is -2.26. The summed E-state index contributed by atoms with van der Waals surface area (Å²) >= 11 is 0. The average Bonchev–Trinajstić information content (AvgIpc) is 2.68. The van der Waals surface area contributed by atoms with E-state index in [0.29, 0.717) is 18.0 Å². The van der Waals surface area contributed by atoms with Gasteiger partial charge < -0.3 is 4.74 Å². The monoisotopic (exact) mass is 262 g/mol. The first-order valence-corrected chi connectivity index (χ1v) is 5.02. The van der Waals surface area contributed by atoms with E-state index in [0.717, 1.165) is 12.1 Å². The fourth-order valence-corrected chi connectivity index (χ4v) is 1.76. The number of benzene rings is 1. The molecule has 3 nitrogen and oxygen atoms in total. The van der Waals surface area contributed by atoms with Crippen molar-refractivity contribution in [1.82, 2.24) is 9.78 Å². The smallest absolute Gasteiger partial charge is 0.339 e. The summed E-state index contributed by atoms with van der Waals surface area (Å²) in [6.45, 7) is 0. The number of aryl methyl sites for hydroxylation is 1. The van der Waals surface area contributed by atoms with Gasteiger partial charge in [-0.25, -0.2) is 0 Å². The Morgan fingerprint density at radius 3 is 2.44 bits per heavy atom. The van der Waals surface area contributed by atoms with Crippen LogP contribution in [0.15, 0.2) is 24.4 Å². The summed E-state index contributed by atoms with van der Waals surface area (Å²) < 4.78 is 57.5. The molecule has 0 bridgehead atoms. The van der Waals surface area contributed by atoms with Crippen LogP contribution in [0.4, 0.5) is 17.6 Å². The summed E-state index contributed by atoms with van der Waals surface area (Å²) in [5, 5.41) is 4.29. The Morgan fingerprint density at radius 1 is 1.22 bits per heavy atom. The summed E-state index contributed by atoms with van der Waals surface area (Å²) in [5.41, 5.74) is 0.0115. The lowest BCUT2D eigenvalue weighted by molar-refractivity contribution is -0.333. The summed E-state index contributed by atoms with van der Waals surface area (Å²) in [6.07, 6.45) is -3.77. The van der Waals surface area contributed by atoms with E-state index in [-0.39, 0.29) is 0 Å². The minimum Gasteiger partial charge on any atom is -0.339 e. The zero-order valence-corrected chi connectivity index (χ0v) is 9.62. The highest BCUT2D eigenvalue weighted by Crippen LogP contribution is 2.43. The van der Waals surface area contributed by atoms with Gasteiger partial charge in [0.25, 0.3) is 0 Å². The molecule has 1 aromatic heterocycles. The third-order valence-electron chi connectivity index (χ3n) is 2.76. The fraction of sp³-hybridized carbons (Fsp3) is 0.364. The van der Waals surface area contributed by atoms with Crippen LogP contribution < -0.4 is 0 Å². The number of methoxy groups -OCH3 is 1. The topological polar surface area (TPSA) is 27.1 Å². The van der Waals surface area contributed by atoms with Crippen LogP contribution in [0.5, 0.6) is 0 Å². The van der Waals surface area contributed by atoms with Gasteiger partial charge in [-0.05, 0) is 12.1 Å². The molecule has 0 aliphatic heterocycles. The molecule has 7 heteroatoms. The molecule has 0 aliphatic carbocycles. The SMILES string of the molecule is COC(F)(c1ccc2c(cnn2C)c1)C(F)(F)F. The van der Waals surface area contributed by atoms with E-state index in [1.807, 2.05) is 0 Å². The number of fused-ring (bicyclic) bond motifs is 1. The Kier molecular flexibility index (Phi) is 2.81. The molecule has 0 aliphatic rings. The lowest BCUT2D eigenvalue weighted by atomic mass is 10.0. The van der Waals surface area contributed by atoms with Gasteiger partial charge in [0.1, 0.15) is 0 Å². The average molecular weight is 262 g/mol. The second-order valence-electron chi connectivity index (χ2n) is 3.84. The Bertz CT molecular complexity index is 578. The maximum Gasteiger partial charge on any atom is 0.453 e. The van der Waals surface area contributed by atoms with Crippen LogP contribution in [0.3, 0.4) is 0 Å². The molecule has 2 aromatic rings. The molecule has 98 valence electrons. The predicted octanol–water partition coefficient (Wildman–Crippen LogP) is 2.90. The van der Waals surface area contributed by atoms with Crippen molar-refractivity contribution in [2.75, 3.05) is 7.11 Å². The first kappa shape index (κ1) is 12.8. The molecular weight excluding hydrogens is 252 g/mol. The van der Waals surface area contributed by atoms with Gasteiger partial charge in [-0.15, -0.1) is 0 Å². The fourth-order valence-electron chi connectivity index (χ4n) is 1.76. The first-order chi connectivity index (χ1) is 8.29. The van der Waals surface area contributed by atoms with Gasteiger partial charge in [0.15, 0.2) is 0 Å². The molecule has 0 saturated carbocycles. The van der Waals surface area contributed by atoms with Crippen LogP contribution in [0.25, 0.3) is 10.9 Å². The maximum absolute atomic E-state index is 13.9. The number of hydrogen-bond donors (Lipinski definition) is 0. The van der Waals surface area contributed by atoms with Crippen molar-refractivity contribution in [2.24, 2.45) is 7.05 Å². The number of nitrogens with zero attached hydrogens (tertiary/aromatic N) is 2. The maximum atomic E-state index is 13.9. The number of rotatable bonds is 2. The van der Waals surface area contributed by atoms with E-state index < -0.39 is 17.6 Å². The van der Waals surface area contributed by atoms with Gasteiger partial charge in [-0.2, -0.15) is 22.7 Å². The van der Waals surface area contributed by atoms with E-state index in [2.05, 4.69) is 9.84 Å². The van der Waals surface area contributed by atoms with Crippen LogP contribution in [0.2, 0.25) is 0 Å². The summed E-state index contributed by atoms with van der Waals surface area (Å²) in [6, 6.07) is 3.50. The van der Waals surface area contributed by atoms with Gasteiger partial charge >= 0.3 is 12.0 Å². The number of alkyl halides is 4. The van der Waals surface area contributed by atoms with Gasteiger partial charge in [0.05, 0.1) is 11.7 Å². The summed E-state index contributed by atoms with van der Waals surface area (Å²) in [5.74, 6) is -3.81. The van der Waals surface area contributed by atoms with E-state index in [4.69, 9.17) is 0 Å². The van der Waals surface area contributed by atoms with E-state index in [9.17, 15) is 17.6 Å². The zero-order chi connectivity index (χ0) is 13.6. The molecule has 1 heterocycles. The molecule has 0 saturated heterocycles. The molecule has 1 aromatic carbocycles. The minimum absolute atomic E-state index is 0.415. The second-order valence-corrected chi connectivity index (χ2v) is 3.84. The van der Waals surface area contributed by atoms with Crippen molar-refractivity contribution < 1.29 is 22.3 Å². The summed E-state index contributed by atoms with van der Waals surface area (Å²) in [7, 11) is 2.33. The van der Waals surface area contributed by atoms with Crippen molar-refractivity contribution >= 4 is 10.9 Å². The third-order valence-corrected chi connectivity index (χ3v) is 2.76. The summed E-state index contributed by atoms with van der Waals surface area (Å²) in [4.78, 5) is 0. The van der Waals surface area contributed by atoms with Crippen molar-refractivity contribution in [3.8, 4) is 0 Å². The quantitative estimate of drug-likeness (QED) is 0.778. The molecule has 1 unspecified atom stereocenters. The van der Waals surface area contributed by atoms with Crippen molar-refractivity contribution in [2.45, 2.75) is 12.0 Å². The van der Waals surface area contributed by atoms with Crippen LogP contribution in [0.1, 0.15) is 5.56 Å². The number of ether oxygens (including phenoxy) is 1. The number of halogens is 4. The Labute approximate surface area is 100.0 Å². The van der Waals surface area contributed by atoms with Crippen molar-refractivity contribution in [3.05, 3.63) is 30.0 Å². The molecule has 0 fully saturated rings. The van der Waals surface area contributed by atoms with Crippen LogP contribution >= 0.6 is 0 Å². The molecule has 2 rings (SSSR count). The van der Waals surface area contributed by atoms with E-state index in [1.54, 1.807) is 7.05 Å². The second kappa shape index (κ2) is 3.94. The molecule has 0 radical (unpaired) electrons. The van der Waals surface area contributed by atoms with Crippen LogP contribution in [0, 0.1) is 0 Å². The largest absolute Gasteiger partial charge is 0.453 e. The molecule has 0 amide bonds. The van der Waals surface area contributed by atoms with Crippen molar-refractivity contribution in [3.63, 3.8) is 0 Å². The van der Waals surface area contributed by atoms with Gasteiger partial charge in [-0.1, -0.05) is 6.07 Å². The molecule has 0 N–H and O–H groups in total.